The van der Waals surface area contributed by atoms with Gasteiger partial charge in [-0.2, -0.15) is 0 Å². The summed E-state index contributed by atoms with van der Waals surface area (Å²) in [6.07, 6.45) is 8.12. The lowest BCUT2D eigenvalue weighted by atomic mass is 9.77. The molecule has 4 heteroatoms. The molecule has 1 fully saturated rings. The minimum Gasteiger partial charge on any atom is -0.392 e. The van der Waals surface area contributed by atoms with Crippen LogP contribution in [0.2, 0.25) is 0 Å². The Bertz CT molecular complexity index is 351. The average Bonchev–Trinajstić information content (AvgIpc) is 2.71. The monoisotopic (exact) mass is 312 g/mol. The Kier molecular flexibility index (Phi) is 7.64. The maximum atomic E-state index is 13.1. The first kappa shape index (κ1) is 18.4. The standard InChI is InChI=1S/C17H32N2OS/c1-4-10-17(11-5-2,15(18)21)16(20)19-12-7-8-14(6-3)9-13-19/h14H,4-13H2,1-3H3,(H2,18,21). The van der Waals surface area contributed by atoms with Crippen molar-refractivity contribution in [2.45, 2.75) is 72.1 Å². The lowest BCUT2D eigenvalue weighted by Gasteiger charge is -2.36. The highest BCUT2D eigenvalue weighted by atomic mass is 32.1. The molecule has 3 nitrogen and oxygen atoms in total. The van der Waals surface area contributed by atoms with Gasteiger partial charge in [-0.3, -0.25) is 4.79 Å². The van der Waals surface area contributed by atoms with Crippen LogP contribution in [0.15, 0.2) is 0 Å². The minimum atomic E-state index is -0.606. The van der Waals surface area contributed by atoms with E-state index in [2.05, 4.69) is 20.8 Å². The highest BCUT2D eigenvalue weighted by molar-refractivity contribution is 7.80. The van der Waals surface area contributed by atoms with Gasteiger partial charge >= 0.3 is 0 Å². The van der Waals surface area contributed by atoms with Crippen molar-refractivity contribution in [3.8, 4) is 0 Å². The van der Waals surface area contributed by atoms with Crippen LogP contribution < -0.4 is 5.73 Å². The van der Waals surface area contributed by atoms with E-state index in [0.29, 0.717) is 4.99 Å². The molecule has 1 unspecified atom stereocenters. The Balaban J connectivity index is 2.91. The number of amides is 1. The van der Waals surface area contributed by atoms with Crippen LogP contribution in [0.4, 0.5) is 0 Å². The quantitative estimate of drug-likeness (QED) is 0.725. The molecule has 0 aromatic carbocycles. The molecular weight excluding hydrogens is 280 g/mol. The molecule has 2 N–H and O–H groups in total. The number of nitrogens with zero attached hydrogens (tertiary/aromatic N) is 1. The van der Waals surface area contributed by atoms with Crippen molar-refractivity contribution in [3.63, 3.8) is 0 Å². The van der Waals surface area contributed by atoms with Gasteiger partial charge in [0.05, 0.1) is 10.4 Å². The molecule has 0 radical (unpaired) electrons. The van der Waals surface area contributed by atoms with Gasteiger partial charge in [0, 0.05) is 13.1 Å². The molecule has 0 aromatic rings. The smallest absolute Gasteiger partial charge is 0.235 e. The van der Waals surface area contributed by atoms with E-state index in [1.807, 2.05) is 4.90 Å². The van der Waals surface area contributed by atoms with Crippen LogP contribution in [-0.4, -0.2) is 28.9 Å². The summed E-state index contributed by atoms with van der Waals surface area (Å²) in [7, 11) is 0. The zero-order valence-electron chi connectivity index (χ0n) is 14.0. The molecule has 1 amide bonds. The summed E-state index contributed by atoms with van der Waals surface area (Å²) in [5, 5.41) is 0. The van der Waals surface area contributed by atoms with Gasteiger partial charge in [-0.05, 0) is 38.0 Å². The number of carbonyl (C=O) groups is 1. The predicted molar refractivity (Wildman–Crippen MR) is 93.2 cm³/mol. The molecule has 21 heavy (non-hydrogen) atoms. The number of hydrogen-bond donors (Lipinski definition) is 1. The number of hydrogen-bond acceptors (Lipinski definition) is 2. The van der Waals surface area contributed by atoms with Crippen molar-refractivity contribution in [2.24, 2.45) is 17.1 Å². The second-order valence-corrected chi connectivity index (χ2v) is 6.88. The first-order valence-electron chi connectivity index (χ1n) is 8.61. The molecule has 1 aliphatic rings. The van der Waals surface area contributed by atoms with E-state index in [4.69, 9.17) is 18.0 Å². The van der Waals surface area contributed by atoms with E-state index in [9.17, 15) is 4.79 Å². The Morgan fingerprint density at radius 1 is 1.19 bits per heavy atom. The Labute approximate surface area is 135 Å². The molecule has 0 saturated carbocycles. The summed E-state index contributed by atoms with van der Waals surface area (Å²) in [5.74, 6) is 0.954. The van der Waals surface area contributed by atoms with Gasteiger partial charge in [-0.25, -0.2) is 0 Å². The van der Waals surface area contributed by atoms with Gasteiger partial charge in [-0.15, -0.1) is 0 Å². The fourth-order valence-corrected chi connectivity index (χ4v) is 3.92. The van der Waals surface area contributed by atoms with E-state index in [1.54, 1.807) is 0 Å². The lowest BCUT2D eigenvalue weighted by Crippen LogP contribution is -2.51. The van der Waals surface area contributed by atoms with E-state index in [0.717, 1.165) is 57.5 Å². The van der Waals surface area contributed by atoms with Crippen molar-refractivity contribution >= 4 is 23.1 Å². The molecule has 0 bridgehead atoms. The van der Waals surface area contributed by atoms with Gasteiger partial charge in [0.25, 0.3) is 0 Å². The van der Waals surface area contributed by atoms with Gasteiger partial charge in [0.15, 0.2) is 0 Å². The van der Waals surface area contributed by atoms with Crippen LogP contribution in [-0.2, 0) is 4.79 Å². The molecule has 122 valence electrons. The number of thiocarbonyl (C=S) groups is 1. The van der Waals surface area contributed by atoms with Crippen molar-refractivity contribution in [2.75, 3.05) is 13.1 Å². The number of rotatable bonds is 7. The maximum absolute atomic E-state index is 13.1. The van der Waals surface area contributed by atoms with Crippen LogP contribution in [0.25, 0.3) is 0 Å². The molecule has 0 aliphatic carbocycles. The van der Waals surface area contributed by atoms with Gasteiger partial charge < -0.3 is 10.6 Å². The fourth-order valence-electron chi connectivity index (χ4n) is 3.62. The molecule has 0 spiro atoms. The van der Waals surface area contributed by atoms with E-state index >= 15 is 0 Å². The minimum absolute atomic E-state index is 0.190. The SMILES string of the molecule is CCCC(CCC)(C(=O)N1CCCC(CC)CC1)C(N)=S. The van der Waals surface area contributed by atoms with Crippen molar-refractivity contribution in [1.29, 1.82) is 0 Å². The first-order valence-corrected chi connectivity index (χ1v) is 9.01. The highest BCUT2D eigenvalue weighted by Gasteiger charge is 2.42. The largest absolute Gasteiger partial charge is 0.392 e. The zero-order chi connectivity index (χ0) is 15.9. The first-order chi connectivity index (χ1) is 10.0. The number of likely N-dealkylation sites (tertiary alicyclic amines) is 1. The lowest BCUT2D eigenvalue weighted by molar-refractivity contribution is -0.139. The summed E-state index contributed by atoms with van der Waals surface area (Å²) < 4.78 is 0. The Morgan fingerprint density at radius 3 is 2.29 bits per heavy atom. The molecule has 0 aromatic heterocycles. The van der Waals surface area contributed by atoms with Crippen LogP contribution in [0.5, 0.6) is 0 Å². The maximum Gasteiger partial charge on any atom is 0.235 e. The fraction of sp³-hybridized carbons (Fsp3) is 0.882. The molecule has 1 aliphatic heterocycles. The van der Waals surface area contributed by atoms with Crippen molar-refractivity contribution in [3.05, 3.63) is 0 Å². The average molecular weight is 313 g/mol. The second kappa shape index (κ2) is 8.72. The number of nitrogens with two attached hydrogens (primary N) is 1. The second-order valence-electron chi connectivity index (χ2n) is 6.44. The van der Waals surface area contributed by atoms with Crippen LogP contribution >= 0.6 is 12.2 Å². The third-order valence-corrected chi connectivity index (χ3v) is 5.34. The third-order valence-electron chi connectivity index (χ3n) is 4.95. The normalized spacial score (nSPS) is 20.1. The molecule has 1 saturated heterocycles. The highest BCUT2D eigenvalue weighted by Crippen LogP contribution is 2.34. The van der Waals surface area contributed by atoms with E-state index in [1.165, 1.54) is 12.8 Å². The molecule has 1 heterocycles. The number of carbonyl (C=O) groups excluding carboxylic acids is 1. The van der Waals surface area contributed by atoms with Gasteiger partial charge in [-0.1, -0.05) is 52.3 Å². The van der Waals surface area contributed by atoms with E-state index in [-0.39, 0.29) is 5.91 Å². The van der Waals surface area contributed by atoms with Crippen LogP contribution in [0, 0.1) is 11.3 Å². The topological polar surface area (TPSA) is 46.3 Å². The summed E-state index contributed by atoms with van der Waals surface area (Å²) >= 11 is 5.32. The van der Waals surface area contributed by atoms with Crippen LogP contribution in [0.3, 0.4) is 0 Å². The van der Waals surface area contributed by atoms with Crippen LogP contribution in [0.1, 0.15) is 72.1 Å². The van der Waals surface area contributed by atoms with Gasteiger partial charge in [0.2, 0.25) is 5.91 Å². The van der Waals surface area contributed by atoms with Gasteiger partial charge in [0.1, 0.15) is 0 Å². The predicted octanol–water partition coefficient (Wildman–Crippen LogP) is 3.90. The zero-order valence-corrected chi connectivity index (χ0v) is 14.8. The Morgan fingerprint density at radius 2 is 1.81 bits per heavy atom. The van der Waals surface area contributed by atoms with Crippen molar-refractivity contribution in [1.82, 2.24) is 4.90 Å². The summed E-state index contributed by atoms with van der Waals surface area (Å²) in [4.78, 5) is 15.6. The summed E-state index contributed by atoms with van der Waals surface area (Å²) in [6.45, 7) is 8.19. The van der Waals surface area contributed by atoms with Crippen molar-refractivity contribution < 1.29 is 4.79 Å². The van der Waals surface area contributed by atoms with E-state index < -0.39 is 5.41 Å². The summed E-state index contributed by atoms with van der Waals surface area (Å²) in [6, 6.07) is 0. The third kappa shape index (κ3) is 4.41. The Hall–Kier alpha value is -0.640. The molecule has 1 rings (SSSR count). The molecule has 1 atom stereocenters. The molecular formula is C17H32N2OS. The summed E-state index contributed by atoms with van der Waals surface area (Å²) in [5.41, 5.74) is 5.42.